The Kier molecular flexibility index (Phi) is 1.05. The second-order valence-corrected chi connectivity index (χ2v) is 3.98. The predicted octanol–water partition coefficient (Wildman–Crippen LogP) is 1.00. The van der Waals surface area contributed by atoms with Crippen molar-refractivity contribution < 1.29 is 9.53 Å². The maximum Gasteiger partial charge on any atom is 0.136 e. The van der Waals surface area contributed by atoms with Crippen LogP contribution in [0.1, 0.15) is 19.3 Å². The van der Waals surface area contributed by atoms with Gasteiger partial charge in [-0.1, -0.05) is 0 Å². The van der Waals surface area contributed by atoms with E-state index in [4.69, 9.17) is 4.74 Å². The van der Waals surface area contributed by atoms with Crippen LogP contribution in [0.25, 0.3) is 0 Å². The summed E-state index contributed by atoms with van der Waals surface area (Å²) in [4.78, 5) is 11.3. The van der Waals surface area contributed by atoms with E-state index in [0.717, 1.165) is 25.9 Å². The lowest BCUT2D eigenvalue weighted by molar-refractivity contribution is -0.133. The SMILES string of the molecule is O=C1CC[C@@H]2[C@H]3OCC[C@H]3[C@H]12. The maximum atomic E-state index is 11.3. The van der Waals surface area contributed by atoms with Gasteiger partial charge in [0, 0.05) is 18.9 Å². The van der Waals surface area contributed by atoms with Crippen molar-refractivity contribution in [2.75, 3.05) is 6.61 Å². The van der Waals surface area contributed by atoms with Gasteiger partial charge in [-0.2, -0.15) is 0 Å². The first kappa shape index (κ1) is 6.18. The summed E-state index contributed by atoms with van der Waals surface area (Å²) < 4.78 is 5.56. The van der Waals surface area contributed by atoms with Crippen molar-refractivity contribution in [2.24, 2.45) is 17.8 Å². The molecule has 0 bridgehead atoms. The Labute approximate surface area is 65.9 Å². The standard InChI is InChI=1S/C9H12O2/c10-7-2-1-5-8(7)6-3-4-11-9(5)6/h5-6,8-9H,1-4H2/t5-,6-,8+,9+/m0/s1. The van der Waals surface area contributed by atoms with E-state index >= 15 is 0 Å². The van der Waals surface area contributed by atoms with E-state index in [1.54, 1.807) is 0 Å². The number of hydrogen-bond donors (Lipinski definition) is 0. The number of ether oxygens (including phenoxy) is 1. The number of carbonyl (C=O) groups excluding carboxylic acids is 1. The second kappa shape index (κ2) is 1.86. The minimum Gasteiger partial charge on any atom is -0.378 e. The molecule has 1 heterocycles. The van der Waals surface area contributed by atoms with Crippen LogP contribution >= 0.6 is 0 Å². The molecule has 1 saturated heterocycles. The zero-order valence-electron chi connectivity index (χ0n) is 6.45. The van der Waals surface area contributed by atoms with Crippen LogP contribution < -0.4 is 0 Å². The molecule has 11 heavy (non-hydrogen) atoms. The Balaban J connectivity index is 1.89. The predicted molar refractivity (Wildman–Crippen MR) is 39.1 cm³/mol. The monoisotopic (exact) mass is 152 g/mol. The number of Topliss-reactive ketones (excluding diaryl/α,β-unsaturated/α-hetero) is 1. The molecule has 0 aromatic heterocycles. The van der Waals surface area contributed by atoms with Crippen LogP contribution in [-0.2, 0) is 9.53 Å². The fraction of sp³-hybridized carbons (Fsp3) is 0.889. The Morgan fingerprint density at radius 1 is 1.27 bits per heavy atom. The molecular formula is C9H12O2. The summed E-state index contributed by atoms with van der Waals surface area (Å²) in [6.45, 7) is 0.898. The summed E-state index contributed by atoms with van der Waals surface area (Å²) in [5.41, 5.74) is 0. The summed E-state index contributed by atoms with van der Waals surface area (Å²) in [7, 11) is 0. The topological polar surface area (TPSA) is 26.3 Å². The molecule has 0 aromatic carbocycles. The third-order valence-corrected chi connectivity index (χ3v) is 3.62. The van der Waals surface area contributed by atoms with Crippen LogP contribution in [0.4, 0.5) is 0 Å². The third kappa shape index (κ3) is 0.598. The van der Waals surface area contributed by atoms with Crippen molar-refractivity contribution in [1.82, 2.24) is 0 Å². The summed E-state index contributed by atoms with van der Waals surface area (Å²) in [5.74, 6) is 2.18. The molecule has 0 radical (unpaired) electrons. The Morgan fingerprint density at radius 3 is 3.00 bits per heavy atom. The molecular weight excluding hydrogens is 140 g/mol. The van der Waals surface area contributed by atoms with Crippen LogP contribution in [0.3, 0.4) is 0 Å². The van der Waals surface area contributed by atoms with Gasteiger partial charge in [0.15, 0.2) is 0 Å². The number of rotatable bonds is 0. The van der Waals surface area contributed by atoms with Crippen molar-refractivity contribution in [2.45, 2.75) is 25.4 Å². The highest BCUT2D eigenvalue weighted by Crippen LogP contribution is 2.54. The lowest BCUT2D eigenvalue weighted by Crippen LogP contribution is -2.48. The van der Waals surface area contributed by atoms with Crippen molar-refractivity contribution in [3.63, 3.8) is 0 Å². The van der Waals surface area contributed by atoms with Gasteiger partial charge < -0.3 is 4.74 Å². The quantitative estimate of drug-likeness (QED) is 0.517. The van der Waals surface area contributed by atoms with Gasteiger partial charge in [-0.3, -0.25) is 4.79 Å². The molecule has 0 spiro atoms. The van der Waals surface area contributed by atoms with Crippen molar-refractivity contribution in [1.29, 1.82) is 0 Å². The molecule has 3 rings (SSSR count). The van der Waals surface area contributed by atoms with Gasteiger partial charge in [0.1, 0.15) is 5.78 Å². The van der Waals surface area contributed by atoms with E-state index in [1.165, 1.54) is 0 Å². The summed E-state index contributed by atoms with van der Waals surface area (Å²) in [6.07, 6.45) is 3.54. The van der Waals surface area contributed by atoms with E-state index in [2.05, 4.69) is 0 Å². The molecule has 4 atom stereocenters. The molecule has 2 aliphatic carbocycles. The van der Waals surface area contributed by atoms with Crippen LogP contribution in [0.2, 0.25) is 0 Å². The highest BCUT2D eigenvalue weighted by Gasteiger charge is 2.58. The first-order chi connectivity index (χ1) is 5.38. The van der Waals surface area contributed by atoms with E-state index in [-0.39, 0.29) is 0 Å². The van der Waals surface area contributed by atoms with E-state index in [9.17, 15) is 4.79 Å². The molecule has 3 aliphatic rings. The largest absolute Gasteiger partial charge is 0.378 e. The van der Waals surface area contributed by atoms with E-state index < -0.39 is 0 Å². The molecule has 60 valence electrons. The minimum atomic E-state index is 0.419. The summed E-state index contributed by atoms with van der Waals surface area (Å²) >= 11 is 0. The first-order valence-electron chi connectivity index (χ1n) is 4.52. The third-order valence-electron chi connectivity index (χ3n) is 3.62. The lowest BCUT2D eigenvalue weighted by atomic mass is 9.64. The molecule has 2 saturated carbocycles. The average Bonchev–Trinajstić information content (AvgIpc) is 2.43. The van der Waals surface area contributed by atoms with Crippen molar-refractivity contribution >= 4 is 5.78 Å². The fourth-order valence-electron chi connectivity index (χ4n) is 3.13. The summed E-state index contributed by atoms with van der Waals surface area (Å²) in [5, 5.41) is 0. The molecule has 1 aliphatic heterocycles. The van der Waals surface area contributed by atoms with Crippen molar-refractivity contribution in [3.8, 4) is 0 Å². The molecule has 2 heteroatoms. The number of carbonyl (C=O) groups is 1. The Morgan fingerprint density at radius 2 is 2.09 bits per heavy atom. The number of hydrogen-bond acceptors (Lipinski definition) is 2. The highest BCUT2D eigenvalue weighted by atomic mass is 16.5. The number of ketones is 1. The zero-order chi connectivity index (χ0) is 7.42. The lowest BCUT2D eigenvalue weighted by Gasteiger charge is -2.42. The van der Waals surface area contributed by atoms with Crippen LogP contribution in [0.5, 0.6) is 0 Å². The summed E-state index contributed by atoms with van der Waals surface area (Å²) in [6, 6.07) is 0. The zero-order valence-corrected chi connectivity index (χ0v) is 6.45. The molecule has 0 amide bonds. The van der Waals surface area contributed by atoms with Crippen LogP contribution in [0, 0.1) is 17.8 Å². The van der Waals surface area contributed by atoms with Gasteiger partial charge in [0.05, 0.1) is 6.10 Å². The van der Waals surface area contributed by atoms with E-state index in [0.29, 0.717) is 29.6 Å². The van der Waals surface area contributed by atoms with Crippen LogP contribution in [0.15, 0.2) is 0 Å². The van der Waals surface area contributed by atoms with Crippen molar-refractivity contribution in [3.05, 3.63) is 0 Å². The molecule has 0 unspecified atom stereocenters. The first-order valence-corrected chi connectivity index (χ1v) is 4.52. The molecule has 3 fully saturated rings. The second-order valence-electron chi connectivity index (χ2n) is 3.98. The fourth-order valence-corrected chi connectivity index (χ4v) is 3.13. The normalized spacial score (nSPS) is 53.6. The molecule has 0 N–H and O–H groups in total. The maximum absolute atomic E-state index is 11.3. The van der Waals surface area contributed by atoms with Crippen LogP contribution in [-0.4, -0.2) is 18.5 Å². The van der Waals surface area contributed by atoms with Gasteiger partial charge in [-0.05, 0) is 24.7 Å². The van der Waals surface area contributed by atoms with E-state index in [1.807, 2.05) is 0 Å². The van der Waals surface area contributed by atoms with Gasteiger partial charge in [0.25, 0.3) is 0 Å². The van der Waals surface area contributed by atoms with Gasteiger partial charge in [0.2, 0.25) is 0 Å². The average molecular weight is 152 g/mol. The molecule has 0 aromatic rings. The van der Waals surface area contributed by atoms with Gasteiger partial charge >= 0.3 is 0 Å². The number of fused-ring (bicyclic) bond motifs is 4. The smallest absolute Gasteiger partial charge is 0.136 e. The minimum absolute atomic E-state index is 0.419. The Hall–Kier alpha value is -0.370. The highest BCUT2D eigenvalue weighted by molar-refractivity contribution is 5.85. The van der Waals surface area contributed by atoms with Gasteiger partial charge in [-0.25, -0.2) is 0 Å². The Bertz CT molecular complexity index is 206. The van der Waals surface area contributed by atoms with Gasteiger partial charge in [-0.15, -0.1) is 0 Å². The molecule has 2 nitrogen and oxygen atoms in total.